The molecule has 1 N–H and O–H groups in total. The van der Waals surface area contributed by atoms with E-state index in [1.54, 1.807) is 0 Å². The number of hydrogen-bond donors (Lipinski definition) is 1. The number of unbranched alkanes of at least 4 members (excludes halogenated alkanes) is 7. The summed E-state index contributed by atoms with van der Waals surface area (Å²) < 4.78 is 5.19. The molecule has 0 aliphatic carbocycles. The fraction of sp³-hybridized carbons (Fsp3) is 0.952. The minimum absolute atomic E-state index is 0.0368. The maximum absolute atomic E-state index is 12.0. The summed E-state index contributed by atoms with van der Waals surface area (Å²) in [5, 5.41) is 3.73. The maximum atomic E-state index is 12.0. The lowest BCUT2D eigenvalue weighted by atomic mass is 10.1. The monoisotopic (exact) mass is 384 g/mol. The normalized spacial score (nSPS) is 19.7. The first-order chi connectivity index (χ1) is 12.4. The summed E-state index contributed by atoms with van der Waals surface area (Å²) in [7, 11) is -1.37. The van der Waals surface area contributed by atoms with Gasteiger partial charge in [-0.3, -0.25) is 9.69 Å². The number of rotatable bonds is 14. The molecule has 1 saturated heterocycles. The second kappa shape index (κ2) is 12.9. The molecule has 0 amide bonds. The summed E-state index contributed by atoms with van der Waals surface area (Å²) in [6.45, 7) is 14.6. The Labute approximate surface area is 163 Å². The number of carbonyl (C=O) groups excluding carboxylic acids is 1. The quantitative estimate of drug-likeness (QED) is 0.265. The van der Waals surface area contributed by atoms with Crippen LogP contribution >= 0.6 is 0 Å². The Morgan fingerprint density at radius 3 is 2.35 bits per heavy atom. The summed E-state index contributed by atoms with van der Waals surface area (Å²) in [6, 6.07) is 1.38. The van der Waals surface area contributed by atoms with Crippen LogP contribution in [0.5, 0.6) is 0 Å². The first kappa shape index (κ1) is 23.6. The molecule has 26 heavy (non-hydrogen) atoms. The van der Waals surface area contributed by atoms with E-state index in [1.807, 2.05) is 13.8 Å². The van der Waals surface area contributed by atoms with Gasteiger partial charge in [-0.15, -0.1) is 0 Å². The van der Waals surface area contributed by atoms with Gasteiger partial charge in [-0.25, -0.2) is 0 Å². The summed E-state index contributed by atoms with van der Waals surface area (Å²) in [5.74, 6) is 0.412. The Morgan fingerprint density at radius 2 is 1.73 bits per heavy atom. The third kappa shape index (κ3) is 8.53. The van der Waals surface area contributed by atoms with Crippen LogP contribution in [0.3, 0.4) is 0 Å². The Bertz CT molecular complexity index is 390. The molecule has 1 heterocycles. The lowest BCUT2D eigenvalue weighted by Gasteiger charge is -2.37. The molecule has 0 aromatic heterocycles. The molecule has 1 rings (SSSR count). The fourth-order valence-electron chi connectivity index (χ4n) is 4.13. The summed E-state index contributed by atoms with van der Waals surface area (Å²) >= 11 is 0. The molecule has 2 unspecified atom stereocenters. The van der Waals surface area contributed by atoms with Crippen LogP contribution < -0.4 is 5.32 Å². The number of nitrogens with one attached hydrogen (secondary N) is 1. The minimum atomic E-state index is -1.37. The van der Waals surface area contributed by atoms with Crippen LogP contribution in [-0.2, 0) is 9.53 Å². The standard InChI is InChI=1S/C21H44N2O2Si/c1-6-8-9-10-11-12-13-14-17-26(4,5)21-22-15-16-23(21)18-19(3)20(24)25-7-2/h19,21-22H,6-18H2,1-5H3. The van der Waals surface area contributed by atoms with Crippen molar-refractivity contribution < 1.29 is 9.53 Å². The third-order valence-corrected chi connectivity index (χ3v) is 9.41. The third-order valence-electron chi connectivity index (χ3n) is 5.71. The number of esters is 1. The zero-order valence-electron chi connectivity index (χ0n) is 18.1. The molecular formula is C21H44N2O2Si. The molecule has 0 aromatic rings. The Kier molecular flexibility index (Phi) is 11.7. The van der Waals surface area contributed by atoms with E-state index in [0.29, 0.717) is 12.4 Å². The molecule has 0 radical (unpaired) electrons. The van der Waals surface area contributed by atoms with Crippen molar-refractivity contribution in [1.29, 1.82) is 0 Å². The van der Waals surface area contributed by atoms with E-state index in [0.717, 1.165) is 19.6 Å². The Balaban J connectivity index is 2.33. The van der Waals surface area contributed by atoms with Crippen LogP contribution in [0.25, 0.3) is 0 Å². The first-order valence-electron chi connectivity index (χ1n) is 11.1. The van der Waals surface area contributed by atoms with Crippen molar-refractivity contribution in [2.24, 2.45) is 5.92 Å². The highest BCUT2D eigenvalue weighted by Gasteiger charge is 2.39. The molecule has 0 saturated carbocycles. The van der Waals surface area contributed by atoms with Gasteiger partial charge in [0.2, 0.25) is 0 Å². The molecular weight excluding hydrogens is 340 g/mol. The molecule has 154 valence electrons. The van der Waals surface area contributed by atoms with Crippen LogP contribution in [0.4, 0.5) is 0 Å². The van der Waals surface area contributed by atoms with E-state index < -0.39 is 8.07 Å². The molecule has 1 aliphatic rings. The minimum Gasteiger partial charge on any atom is -0.466 e. The van der Waals surface area contributed by atoms with Gasteiger partial charge in [-0.2, -0.15) is 0 Å². The van der Waals surface area contributed by atoms with Crippen molar-refractivity contribution in [3.05, 3.63) is 0 Å². The lowest BCUT2D eigenvalue weighted by Crippen LogP contribution is -2.56. The van der Waals surface area contributed by atoms with Crippen molar-refractivity contribution in [1.82, 2.24) is 10.2 Å². The number of ether oxygens (including phenoxy) is 1. The van der Waals surface area contributed by atoms with Gasteiger partial charge >= 0.3 is 5.97 Å². The first-order valence-corrected chi connectivity index (χ1v) is 14.3. The van der Waals surface area contributed by atoms with Gasteiger partial charge in [0, 0.05) is 25.4 Å². The van der Waals surface area contributed by atoms with Crippen LogP contribution in [0, 0.1) is 5.92 Å². The van der Waals surface area contributed by atoms with Crippen molar-refractivity contribution in [2.45, 2.75) is 97.1 Å². The van der Waals surface area contributed by atoms with Crippen LogP contribution in [-0.4, -0.2) is 51.0 Å². The average Bonchev–Trinajstić information content (AvgIpc) is 3.06. The summed E-state index contributed by atoms with van der Waals surface area (Å²) in [6.07, 6.45) is 11.1. The Hall–Kier alpha value is -0.393. The lowest BCUT2D eigenvalue weighted by molar-refractivity contribution is -0.148. The van der Waals surface area contributed by atoms with Gasteiger partial charge < -0.3 is 10.1 Å². The summed E-state index contributed by atoms with van der Waals surface area (Å²) in [4.78, 5) is 14.5. The number of carbonyl (C=O) groups is 1. The zero-order valence-corrected chi connectivity index (χ0v) is 19.1. The predicted molar refractivity (Wildman–Crippen MR) is 114 cm³/mol. The van der Waals surface area contributed by atoms with Gasteiger partial charge in [-0.05, 0) is 6.92 Å². The smallest absolute Gasteiger partial charge is 0.309 e. The SMILES string of the molecule is CCCCCCCCCC[Si](C)(C)C1NCCN1CC(C)C(=O)OCC. The van der Waals surface area contributed by atoms with Crippen molar-refractivity contribution in [3.63, 3.8) is 0 Å². The van der Waals surface area contributed by atoms with E-state index in [-0.39, 0.29) is 11.9 Å². The second-order valence-corrected chi connectivity index (χ2v) is 13.7. The van der Waals surface area contributed by atoms with Crippen molar-refractivity contribution >= 4 is 14.0 Å². The van der Waals surface area contributed by atoms with E-state index in [1.165, 1.54) is 57.4 Å². The predicted octanol–water partition coefficient (Wildman–Crippen LogP) is 4.81. The number of hydrogen-bond acceptors (Lipinski definition) is 4. The van der Waals surface area contributed by atoms with Crippen LogP contribution in [0.15, 0.2) is 0 Å². The van der Waals surface area contributed by atoms with Gasteiger partial charge in [0.05, 0.1) is 20.6 Å². The van der Waals surface area contributed by atoms with E-state index in [2.05, 4.69) is 30.2 Å². The average molecular weight is 385 g/mol. The highest BCUT2D eigenvalue weighted by atomic mass is 28.3. The topological polar surface area (TPSA) is 41.6 Å². The van der Waals surface area contributed by atoms with E-state index in [4.69, 9.17) is 4.74 Å². The molecule has 2 atom stereocenters. The van der Waals surface area contributed by atoms with Crippen molar-refractivity contribution in [2.75, 3.05) is 26.2 Å². The second-order valence-electron chi connectivity index (χ2n) is 8.72. The molecule has 0 aromatic carbocycles. The molecule has 0 bridgehead atoms. The molecule has 0 spiro atoms. The number of nitrogens with zero attached hydrogens (tertiary/aromatic N) is 1. The van der Waals surface area contributed by atoms with Crippen LogP contribution in [0.2, 0.25) is 19.1 Å². The molecule has 4 nitrogen and oxygen atoms in total. The van der Waals surface area contributed by atoms with E-state index >= 15 is 0 Å². The Morgan fingerprint density at radius 1 is 1.12 bits per heavy atom. The molecule has 1 fully saturated rings. The van der Waals surface area contributed by atoms with E-state index in [9.17, 15) is 4.79 Å². The largest absolute Gasteiger partial charge is 0.466 e. The van der Waals surface area contributed by atoms with Crippen LogP contribution in [0.1, 0.15) is 72.1 Å². The fourth-order valence-corrected chi connectivity index (χ4v) is 7.49. The summed E-state index contributed by atoms with van der Waals surface area (Å²) in [5.41, 5.74) is 0. The van der Waals surface area contributed by atoms with Gasteiger partial charge in [0.1, 0.15) is 0 Å². The molecule has 5 heteroatoms. The highest BCUT2D eigenvalue weighted by molar-refractivity contribution is 6.78. The molecule has 1 aliphatic heterocycles. The highest BCUT2D eigenvalue weighted by Crippen LogP contribution is 2.24. The zero-order chi connectivity index (χ0) is 19.4. The van der Waals surface area contributed by atoms with Gasteiger partial charge in [0.15, 0.2) is 0 Å². The van der Waals surface area contributed by atoms with Gasteiger partial charge in [-0.1, -0.05) is 84.4 Å². The van der Waals surface area contributed by atoms with Gasteiger partial charge in [0.25, 0.3) is 0 Å². The maximum Gasteiger partial charge on any atom is 0.309 e. The van der Waals surface area contributed by atoms with Crippen molar-refractivity contribution in [3.8, 4) is 0 Å².